The highest BCUT2D eigenvalue weighted by Gasteiger charge is 2.26. The van der Waals surface area contributed by atoms with E-state index < -0.39 is 19.8 Å². The van der Waals surface area contributed by atoms with Gasteiger partial charge in [0.15, 0.2) is 6.67 Å². The minimum Gasteiger partial charge on any atom is -0.255 e. The summed E-state index contributed by atoms with van der Waals surface area (Å²) in [7, 11) is 0.500. The maximum absolute atomic E-state index is 10.7. The molecule has 0 aromatic rings. The first kappa shape index (κ1) is 43.2. The van der Waals surface area contributed by atoms with Gasteiger partial charge >= 0.3 is 6.18 Å². The molecule has 0 saturated carbocycles. The first-order chi connectivity index (χ1) is 6.89. The molecule has 0 atom stereocenters. The second kappa shape index (κ2) is 44.0. The monoisotopic (exact) mass is 298 g/mol. The number of rotatable bonds is 1. The minimum atomic E-state index is -4.62. The number of alkyl halides is 8. The van der Waals surface area contributed by atoms with Crippen molar-refractivity contribution in [3.05, 3.63) is 0 Å². The standard InChI is InChI=1S/C3H7F.C2H2F4.CH2F2.CH3F.3CH4/c1-2-3-4;3-1-2(4,5)6;2-1-3;1-2;;;/h2-3H2,1H3;1H2;1H2;1H3;3*1H4. The van der Waals surface area contributed by atoms with Crippen molar-refractivity contribution >= 4 is 0 Å². The van der Waals surface area contributed by atoms with E-state index >= 15 is 0 Å². The SMILES string of the molecule is C.C.C.CCCF.CF.FCC(F)(F)F.FCF. The van der Waals surface area contributed by atoms with Crippen molar-refractivity contribution in [3.63, 3.8) is 0 Å². The number of hydrogen-bond acceptors (Lipinski definition) is 0. The van der Waals surface area contributed by atoms with Crippen molar-refractivity contribution in [1.82, 2.24) is 0 Å². The molecule has 0 saturated heterocycles. The van der Waals surface area contributed by atoms with Crippen LogP contribution in [0.4, 0.5) is 35.1 Å². The molecule has 0 nitrogen and oxygen atoms in total. The zero-order valence-electron chi connectivity index (χ0n) is 8.35. The molecule has 0 aromatic heterocycles. The predicted molar refractivity (Wildman–Crippen MR) is 62.6 cm³/mol. The van der Waals surface area contributed by atoms with Crippen LogP contribution >= 0.6 is 0 Å². The van der Waals surface area contributed by atoms with E-state index in [1.165, 1.54) is 0 Å². The van der Waals surface area contributed by atoms with Crippen molar-refractivity contribution in [2.75, 3.05) is 27.5 Å². The predicted octanol–water partition coefficient (Wildman–Crippen LogP) is 6.26. The van der Waals surface area contributed by atoms with Gasteiger partial charge in [-0.05, 0) is 6.42 Å². The van der Waals surface area contributed by atoms with Crippen molar-refractivity contribution in [1.29, 1.82) is 0 Å². The third-order valence-corrected chi connectivity index (χ3v) is 0.341. The van der Waals surface area contributed by atoms with Gasteiger partial charge in [0.2, 0.25) is 6.93 Å². The smallest absolute Gasteiger partial charge is 0.255 e. The second-order valence-electron chi connectivity index (χ2n) is 1.54. The Bertz CT molecular complexity index is 72.8. The van der Waals surface area contributed by atoms with Gasteiger partial charge in [-0.15, -0.1) is 0 Å². The van der Waals surface area contributed by atoms with Gasteiger partial charge in [-0.25, -0.2) is 13.2 Å². The summed E-state index contributed by atoms with van der Waals surface area (Å²) >= 11 is 0. The molecule has 0 aliphatic carbocycles. The fourth-order valence-electron chi connectivity index (χ4n) is 0. The van der Waals surface area contributed by atoms with Gasteiger partial charge in [0, 0.05) is 0 Å². The molecule has 0 bridgehead atoms. The van der Waals surface area contributed by atoms with Crippen molar-refractivity contribution in [3.8, 4) is 0 Å². The molecule has 0 N–H and O–H groups in total. The Kier molecular flexibility index (Phi) is 106. The topological polar surface area (TPSA) is 0 Å². The zero-order chi connectivity index (χ0) is 13.3. The molecular formula is C10H26F8. The van der Waals surface area contributed by atoms with Crippen LogP contribution in [0, 0.1) is 0 Å². The van der Waals surface area contributed by atoms with E-state index in [9.17, 15) is 35.1 Å². The van der Waals surface area contributed by atoms with Gasteiger partial charge in [-0.2, -0.15) is 13.2 Å². The molecule has 0 heterocycles. The van der Waals surface area contributed by atoms with Gasteiger partial charge in [0.05, 0.1) is 13.9 Å². The summed E-state index contributed by atoms with van der Waals surface area (Å²) in [5.41, 5.74) is 0. The summed E-state index contributed by atoms with van der Waals surface area (Å²) < 4.78 is 81.1. The molecule has 0 aliphatic heterocycles. The van der Waals surface area contributed by atoms with Gasteiger partial charge in [-0.3, -0.25) is 8.78 Å². The minimum absolute atomic E-state index is 0. The van der Waals surface area contributed by atoms with Crippen molar-refractivity contribution in [2.45, 2.75) is 41.8 Å². The third kappa shape index (κ3) is 272. The van der Waals surface area contributed by atoms with Gasteiger partial charge in [0.1, 0.15) is 0 Å². The molecule has 8 heteroatoms. The van der Waals surface area contributed by atoms with E-state index in [0.29, 0.717) is 13.6 Å². The van der Waals surface area contributed by atoms with Crippen LogP contribution in [0.1, 0.15) is 35.6 Å². The molecule has 18 heavy (non-hydrogen) atoms. The van der Waals surface area contributed by atoms with E-state index in [2.05, 4.69) is 0 Å². The van der Waals surface area contributed by atoms with Crippen LogP contribution < -0.4 is 0 Å². The lowest BCUT2D eigenvalue weighted by atomic mass is 10.6. The van der Waals surface area contributed by atoms with Crippen LogP contribution in [0.5, 0.6) is 0 Å². The van der Waals surface area contributed by atoms with E-state index in [4.69, 9.17) is 0 Å². The summed E-state index contributed by atoms with van der Waals surface area (Å²) in [5.74, 6) is 0. The summed E-state index contributed by atoms with van der Waals surface area (Å²) in [4.78, 5) is 0. The Labute approximate surface area is 105 Å². The maximum atomic E-state index is 10.7. The number of hydrogen-bond donors (Lipinski definition) is 0. The lowest BCUT2D eigenvalue weighted by Gasteiger charge is -1.93. The first-order valence-corrected chi connectivity index (χ1v) is 3.57. The molecule has 0 spiro atoms. The van der Waals surface area contributed by atoms with Crippen LogP contribution in [0.2, 0.25) is 0 Å². The summed E-state index contributed by atoms with van der Waals surface area (Å²) in [6.45, 7) is -2.35. The van der Waals surface area contributed by atoms with Crippen LogP contribution in [0.15, 0.2) is 0 Å². The average molecular weight is 298 g/mol. The molecule has 0 aliphatic rings. The van der Waals surface area contributed by atoms with Crippen LogP contribution in [-0.4, -0.2) is 33.6 Å². The normalized spacial score (nSPS) is 7.00. The molecule has 0 aromatic carbocycles. The first-order valence-electron chi connectivity index (χ1n) is 3.57. The summed E-state index contributed by atoms with van der Waals surface area (Å²) in [6.07, 6.45) is -3.97. The van der Waals surface area contributed by atoms with Crippen LogP contribution in [0.3, 0.4) is 0 Å². The van der Waals surface area contributed by atoms with E-state index in [0.717, 1.165) is 0 Å². The van der Waals surface area contributed by atoms with Gasteiger partial charge in [0.25, 0.3) is 0 Å². The van der Waals surface area contributed by atoms with E-state index in [1.54, 1.807) is 6.92 Å². The maximum Gasteiger partial charge on any atom is 0.416 e. The molecule has 0 rings (SSSR count). The van der Waals surface area contributed by atoms with Crippen LogP contribution in [-0.2, 0) is 0 Å². The van der Waals surface area contributed by atoms with Gasteiger partial charge in [-0.1, -0.05) is 29.2 Å². The van der Waals surface area contributed by atoms with Crippen molar-refractivity contribution < 1.29 is 35.1 Å². The fraction of sp³-hybridized carbons (Fsp3) is 1.00. The summed E-state index contributed by atoms with van der Waals surface area (Å²) in [6, 6.07) is 0. The lowest BCUT2D eigenvalue weighted by molar-refractivity contribution is -0.142. The Hall–Kier alpha value is -0.560. The lowest BCUT2D eigenvalue weighted by Crippen LogP contribution is -2.08. The van der Waals surface area contributed by atoms with Crippen molar-refractivity contribution in [2.24, 2.45) is 0 Å². The highest BCUT2D eigenvalue weighted by atomic mass is 19.4. The largest absolute Gasteiger partial charge is 0.416 e. The van der Waals surface area contributed by atoms with Crippen LogP contribution in [0.25, 0.3) is 0 Å². The van der Waals surface area contributed by atoms with E-state index in [-0.39, 0.29) is 29.0 Å². The Morgan fingerprint density at radius 2 is 0.889 bits per heavy atom. The second-order valence-corrected chi connectivity index (χ2v) is 1.54. The Morgan fingerprint density at radius 3 is 0.889 bits per heavy atom. The molecule has 0 unspecified atom stereocenters. The summed E-state index contributed by atoms with van der Waals surface area (Å²) in [5, 5.41) is 0. The quantitative estimate of drug-likeness (QED) is 0.501. The Balaban J connectivity index is -0.0000000182. The molecule has 122 valence electrons. The molecule has 0 fully saturated rings. The molecule has 0 amide bonds. The molecule has 0 radical (unpaired) electrons. The van der Waals surface area contributed by atoms with E-state index in [1.807, 2.05) is 0 Å². The highest BCUT2D eigenvalue weighted by molar-refractivity contribution is 4.39. The third-order valence-electron chi connectivity index (χ3n) is 0.341. The highest BCUT2D eigenvalue weighted by Crippen LogP contribution is 2.13. The Morgan fingerprint density at radius 1 is 0.778 bits per heavy atom. The van der Waals surface area contributed by atoms with Gasteiger partial charge < -0.3 is 0 Å². The zero-order valence-corrected chi connectivity index (χ0v) is 8.35. The molecular weight excluding hydrogens is 272 g/mol. The average Bonchev–Trinajstić information content (AvgIpc) is 2.21. The number of halogens is 8. The fourth-order valence-corrected chi connectivity index (χ4v) is 0.